The van der Waals surface area contributed by atoms with E-state index in [1.807, 2.05) is 80.8 Å². The highest BCUT2D eigenvalue weighted by atomic mass is 79.9. The van der Waals surface area contributed by atoms with E-state index in [9.17, 15) is 5.11 Å². The minimum Gasteiger partial charge on any atom is -0.481 e. The minimum absolute atomic E-state index is 0.448. The summed E-state index contributed by atoms with van der Waals surface area (Å²) in [5.74, 6) is -0.0855. The van der Waals surface area contributed by atoms with Crippen molar-refractivity contribution in [3.8, 4) is 17.1 Å². The number of benzene rings is 3. The van der Waals surface area contributed by atoms with Gasteiger partial charge < -0.3 is 14.7 Å². The van der Waals surface area contributed by atoms with Crippen LogP contribution in [0.4, 0.5) is 0 Å². The second-order valence-corrected chi connectivity index (χ2v) is 11.5. The highest BCUT2D eigenvalue weighted by Crippen LogP contribution is 2.49. The summed E-state index contributed by atoms with van der Waals surface area (Å²) in [6, 6.07) is 27.9. The molecule has 2 aromatic heterocycles. The third-order valence-corrected chi connectivity index (χ3v) is 8.00. The zero-order valence-electron chi connectivity index (χ0n) is 22.7. The van der Waals surface area contributed by atoms with Gasteiger partial charge in [0.1, 0.15) is 5.60 Å². The van der Waals surface area contributed by atoms with Gasteiger partial charge in [-0.25, -0.2) is 4.98 Å². The molecule has 0 bridgehead atoms. The smallest absolute Gasteiger partial charge is 0.217 e. The predicted molar refractivity (Wildman–Crippen MR) is 166 cm³/mol. The summed E-state index contributed by atoms with van der Waals surface area (Å²) in [6.07, 6.45) is 3.99. The summed E-state index contributed by atoms with van der Waals surface area (Å²) < 4.78 is 6.73. The fourth-order valence-electron chi connectivity index (χ4n) is 5.33. The standard InChI is InChI=1S/C33H31BrClN3O2/c1-38(2)18-17-33(39,29-10-6-8-22-7-4-5-9-27(22)29)31(23-11-14-26(35)15-12-23)28-19-24(20-37-32(28)40-3)30-16-13-25(34)21-36-30/h4-16,19-21,31,39H,17-18H2,1-3H3. The van der Waals surface area contributed by atoms with Gasteiger partial charge in [-0.1, -0.05) is 66.2 Å². The molecule has 0 amide bonds. The van der Waals surface area contributed by atoms with Crippen LogP contribution in [-0.4, -0.2) is 47.7 Å². The van der Waals surface area contributed by atoms with Crippen LogP contribution in [0.2, 0.25) is 5.02 Å². The van der Waals surface area contributed by atoms with Crippen LogP contribution in [0.1, 0.15) is 29.0 Å². The average molecular weight is 617 g/mol. The first-order valence-corrected chi connectivity index (χ1v) is 14.2. The van der Waals surface area contributed by atoms with Crippen molar-refractivity contribution in [3.63, 3.8) is 0 Å². The molecule has 3 aromatic carbocycles. The number of methoxy groups -OCH3 is 1. The first-order valence-electron chi connectivity index (χ1n) is 13.1. The Morgan fingerprint density at radius 2 is 1.70 bits per heavy atom. The van der Waals surface area contributed by atoms with Crippen LogP contribution in [0.5, 0.6) is 5.88 Å². The topological polar surface area (TPSA) is 58.5 Å². The molecule has 2 unspecified atom stereocenters. The van der Waals surface area contributed by atoms with Crippen molar-refractivity contribution in [2.75, 3.05) is 27.7 Å². The van der Waals surface area contributed by atoms with Crippen LogP contribution in [0.15, 0.2) is 102 Å². The number of fused-ring (bicyclic) bond motifs is 1. The number of hydrogen-bond donors (Lipinski definition) is 1. The Morgan fingerprint density at radius 1 is 0.950 bits per heavy atom. The molecule has 7 heteroatoms. The maximum Gasteiger partial charge on any atom is 0.217 e. The Bertz CT molecular complexity index is 1600. The number of hydrogen-bond acceptors (Lipinski definition) is 5. The molecule has 5 rings (SSSR count). The van der Waals surface area contributed by atoms with Crippen LogP contribution in [0.3, 0.4) is 0 Å². The Labute approximate surface area is 248 Å². The third-order valence-electron chi connectivity index (χ3n) is 7.28. The maximum absolute atomic E-state index is 13.1. The minimum atomic E-state index is -1.33. The molecule has 0 aliphatic carbocycles. The molecule has 0 radical (unpaired) electrons. The molecule has 0 aliphatic rings. The molecule has 40 heavy (non-hydrogen) atoms. The van der Waals surface area contributed by atoms with Crippen molar-refractivity contribution in [3.05, 3.63) is 124 Å². The molecule has 2 atom stereocenters. The molecule has 0 aliphatic heterocycles. The normalized spacial score (nSPS) is 13.8. The Kier molecular flexibility index (Phi) is 8.52. The van der Waals surface area contributed by atoms with Crippen LogP contribution in [0.25, 0.3) is 22.0 Å². The van der Waals surface area contributed by atoms with E-state index in [2.05, 4.69) is 44.0 Å². The van der Waals surface area contributed by atoms with E-state index in [1.165, 1.54) is 0 Å². The van der Waals surface area contributed by atoms with E-state index in [4.69, 9.17) is 21.3 Å². The number of aliphatic hydroxyl groups is 1. The zero-order valence-corrected chi connectivity index (χ0v) is 25.0. The van der Waals surface area contributed by atoms with Crippen molar-refractivity contribution in [2.45, 2.75) is 17.9 Å². The summed E-state index contributed by atoms with van der Waals surface area (Å²) in [5, 5.41) is 15.8. The molecule has 5 aromatic rings. The van der Waals surface area contributed by atoms with E-state index in [0.717, 1.165) is 43.2 Å². The van der Waals surface area contributed by atoms with E-state index in [-0.39, 0.29) is 0 Å². The number of ether oxygens (including phenoxy) is 1. The lowest BCUT2D eigenvalue weighted by molar-refractivity contribution is 0.00516. The van der Waals surface area contributed by atoms with Gasteiger partial charge in [0.05, 0.1) is 12.8 Å². The Balaban J connectivity index is 1.81. The molecular formula is C33H31BrClN3O2. The van der Waals surface area contributed by atoms with Crippen molar-refractivity contribution in [1.82, 2.24) is 14.9 Å². The number of nitrogens with zero attached hydrogens (tertiary/aromatic N) is 3. The molecule has 0 spiro atoms. The largest absolute Gasteiger partial charge is 0.481 e. The van der Waals surface area contributed by atoms with Crippen molar-refractivity contribution >= 4 is 38.3 Å². The molecule has 204 valence electrons. The quantitative estimate of drug-likeness (QED) is 0.184. The van der Waals surface area contributed by atoms with Gasteiger partial charge in [0.15, 0.2) is 0 Å². The van der Waals surface area contributed by atoms with Crippen molar-refractivity contribution in [2.24, 2.45) is 0 Å². The summed E-state index contributed by atoms with van der Waals surface area (Å²) in [6.45, 7) is 0.660. The lowest BCUT2D eigenvalue weighted by atomic mass is 9.70. The van der Waals surface area contributed by atoms with Gasteiger partial charge in [-0.2, -0.15) is 0 Å². The molecule has 2 heterocycles. The van der Waals surface area contributed by atoms with E-state index in [0.29, 0.717) is 23.9 Å². The van der Waals surface area contributed by atoms with Crippen molar-refractivity contribution in [1.29, 1.82) is 0 Å². The number of pyridine rings is 2. The molecule has 5 nitrogen and oxygen atoms in total. The highest BCUT2D eigenvalue weighted by Gasteiger charge is 2.43. The lowest BCUT2D eigenvalue weighted by Gasteiger charge is -2.39. The van der Waals surface area contributed by atoms with Crippen LogP contribution < -0.4 is 4.74 Å². The van der Waals surface area contributed by atoms with Gasteiger partial charge in [-0.05, 0) is 88.7 Å². The van der Waals surface area contributed by atoms with Gasteiger partial charge in [0.25, 0.3) is 0 Å². The Morgan fingerprint density at radius 3 is 2.40 bits per heavy atom. The first kappa shape index (κ1) is 28.2. The predicted octanol–water partition coefficient (Wildman–Crippen LogP) is 7.69. The van der Waals surface area contributed by atoms with Gasteiger partial charge in [-0.3, -0.25) is 4.98 Å². The zero-order chi connectivity index (χ0) is 28.3. The number of aromatic nitrogens is 2. The Hall–Kier alpha value is -3.29. The summed E-state index contributed by atoms with van der Waals surface area (Å²) in [4.78, 5) is 11.4. The molecular weight excluding hydrogens is 586 g/mol. The first-order chi connectivity index (χ1) is 19.3. The van der Waals surface area contributed by atoms with Gasteiger partial charge in [0, 0.05) is 45.5 Å². The molecule has 0 saturated heterocycles. The summed E-state index contributed by atoms with van der Waals surface area (Å²) in [5.41, 5.74) is 2.79. The summed E-state index contributed by atoms with van der Waals surface area (Å²) in [7, 11) is 5.64. The van der Waals surface area contributed by atoms with Gasteiger partial charge in [0.2, 0.25) is 5.88 Å². The summed E-state index contributed by atoms with van der Waals surface area (Å²) >= 11 is 9.80. The lowest BCUT2D eigenvalue weighted by Crippen LogP contribution is -2.38. The van der Waals surface area contributed by atoms with Crippen molar-refractivity contribution < 1.29 is 9.84 Å². The van der Waals surface area contributed by atoms with E-state index < -0.39 is 11.5 Å². The highest BCUT2D eigenvalue weighted by molar-refractivity contribution is 9.10. The third kappa shape index (κ3) is 5.77. The van der Waals surface area contributed by atoms with Gasteiger partial charge in [-0.15, -0.1) is 0 Å². The van der Waals surface area contributed by atoms with Crippen LogP contribution >= 0.6 is 27.5 Å². The van der Waals surface area contributed by atoms with E-state index in [1.54, 1.807) is 19.5 Å². The number of rotatable bonds is 9. The molecule has 0 fully saturated rings. The maximum atomic E-state index is 13.1. The number of halogens is 2. The molecule has 1 N–H and O–H groups in total. The SMILES string of the molecule is COc1ncc(-c2ccc(Br)cn2)cc1C(c1ccc(Cl)cc1)C(O)(CCN(C)C)c1cccc2ccccc12. The van der Waals surface area contributed by atoms with Crippen LogP contribution in [-0.2, 0) is 5.60 Å². The van der Waals surface area contributed by atoms with Gasteiger partial charge >= 0.3 is 0 Å². The average Bonchev–Trinajstić information content (AvgIpc) is 2.97. The fourth-order valence-corrected chi connectivity index (χ4v) is 5.69. The van der Waals surface area contributed by atoms with Crippen LogP contribution in [0, 0.1) is 0 Å². The second kappa shape index (κ2) is 12.1. The fraction of sp³-hybridized carbons (Fsp3) is 0.212. The second-order valence-electron chi connectivity index (χ2n) is 10.2. The monoisotopic (exact) mass is 615 g/mol. The van der Waals surface area contributed by atoms with E-state index >= 15 is 0 Å². The molecule has 0 saturated carbocycles.